The third-order valence-corrected chi connectivity index (χ3v) is 2.81. The largest absolute Gasteiger partial charge is 0.341 e. The Labute approximate surface area is 95.5 Å². The molecule has 0 bridgehead atoms. The highest BCUT2D eigenvalue weighted by Crippen LogP contribution is 2.00. The highest BCUT2D eigenvalue weighted by atomic mass is 16.2. The molecule has 1 aromatic heterocycles. The van der Waals surface area contributed by atoms with Crippen LogP contribution in [0.3, 0.4) is 0 Å². The van der Waals surface area contributed by atoms with E-state index in [2.05, 4.69) is 10.3 Å². The fraction of sp³-hybridized carbons (Fsp3) is 0.636. The molecule has 1 aromatic rings. The zero-order chi connectivity index (χ0) is 11.2. The molecule has 1 aliphatic rings. The first-order chi connectivity index (χ1) is 7.86. The van der Waals surface area contributed by atoms with Crippen LogP contribution < -0.4 is 5.32 Å². The lowest BCUT2D eigenvalue weighted by atomic mass is 10.3. The van der Waals surface area contributed by atoms with Gasteiger partial charge in [0.1, 0.15) is 0 Å². The van der Waals surface area contributed by atoms with Crippen molar-refractivity contribution in [1.82, 2.24) is 19.8 Å². The summed E-state index contributed by atoms with van der Waals surface area (Å²) in [6.45, 7) is 4.10. The summed E-state index contributed by atoms with van der Waals surface area (Å²) in [5, 5.41) is 3.12. The van der Waals surface area contributed by atoms with Crippen molar-refractivity contribution < 1.29 is 4.79 Å². The Morgan fingerprint density at radius 3 is 3.19 bits per heavy atom. The summed E-state index contributed by atoms with van der Waals surface area (Å²) >= 11 is 0. The van der Waals surface area contributed by atoms with Gasteiger partial charge in [0.2, 0.25) is 5.91 Å². The van der Waals surface area contributed by atoms with E-state index < -0.39 is 0 Å². The quantitative estimate of drug-likeness (QED) is 0.786. The number of nitrogens with zero attached hydrogens (tertiary/aromatic N) is 3. The van der Waals surface area contributed by atoms with Crippen LogP contribution in [0.1, 0.15) is 12.8 Å². The Balaban J connectivity index is 1.73. The highest BCUT2D eigenvalue weighted by Gasteiger charge is 2.15. The molecule has 0 unspecified atom stereocenters. The van der Waals surface area contributed by atoms with Gasteiger partial charge < -0.3 is 14.8 Å². The van der Waals surface area contributed by atoms with E-state index in [9.17, 15) is 4.79 Å². The molecule has 1 fully saturated rings. The molecule has 5 nitrogen and oxygen atoms in total. The lowest BCUT2D eigenvalue weighted by Crippen LogP contribution is -2.35. The second-order valence-corrected chi connectivity index (χ2v) is 4.07. The van der Waals surface area contributed by atoms with Gasteiger partial charge in [-0.2, -0.15) is 0 Å². The molecule has 1 saturated heterocycles. The van der Waals surface area contributed by atoms with Crippen LogP contribution in [0.2, 0.25) is 0 Å². The maximum atomic E-state index is 11.7. The van der Waals surface area contributed by atoms with Crippen LogP contribution in [0.4, 0.5) is 0 Å². The first kappa shape index (κ1) is 11.1. The topological polar surface area (TPSA) is 50.2 Å². The van der Waals surface area contributed by atoms with Crippen molar-refractivity contribution in [3.8, 4) is 0 Å². The SMILES string of the molecule is O=C1CNCCCN1CCCn1ccnc1. The van der Waals surface area contributed by atoms with E-state index >= 15 is 0 Å². The van der Waals surface area contributed by atoms with E-state index in [0.717, 1.165) is 39.0 Å². The summed E-state index contributed by atoms with van der Waals surface area (Å²) in [5.41, 5.74) is 0. The molecule has 0 spiro atoms. The maximum absolute atomic E-state index is 11.7. The Kier molecular flexibility index (Phi) is 3.93. The summed E-state index contributed by atoms with van der Waals surface area (Å²) in [6, 6.07) is 0. The predicted octanol–water partition coefficient (Wildman–Crippen LogP) is 0.0951. The van der Waals surface area contributed by atoms with Crippen molar-refractivity contribution in [2.24, 2.45) is 0 Å². The van der Waals surface area contributed by atoms with Crippen LogP contribution >= 0.6 is 0 Å². The normalized spacial score (nSPS) is 17.5. The summed E-state index contributed by atoms with van der Waals surface area (Å²) in [4.78, 5) is 17.6. The maximum Gasteiger partial charge on any atom is 0.236 e. The van der Waals surface area contributed by atoms with Crippen LogP contribution in [0, 0.1) is 0 Å². The van der Waals surface area contributed by atoms with Gasteiger partial charge in [0, 0.05) is 32.0 Å². The molecule has 0 atom stereocenters. The Morgan fingerprint density at radius 1 is 1.44 bits per heavy atom. The minimum absolute atomic E-state index is 0.225. The number of hydrogen-bond donors (Lipinski definition) is 1. The third-order valence-electron chi connectivity index (χ3n) is 2.81. The van der Waals surface area contributed by atoms with Crippen molar-refractivity contribution in [3.63, 3.8) is 0 Å². The van der Waals surface area contributed by atoms with E-state index in [1.54, 1.807) is 6.20 Å². The van der Waals surface area contributed by atoms with E-state index in [0.29, 0.717) is 6.54 Å². The smallest absolute Gasteiger partial charge is 0.236 e. The third kappa shape index (κ3) is 3.06. The number of carbonyl (C=O) groups excluding carboxylic acids is 1. The fourth-order valence-electron chi connectivity index (χ4n) is 1.93. The molecular weight excluding hydrogens is 204 g/mol. The lowest BCUT2D eigenvalue weighted by Gasteiger charge is -2.19. The predicted molar refractivity (Wildman–Crippen MR) is 60.9 cm³/mol. The van der Waals surface area contributed by atoms with Crippen molar-refractivity contribution >= 4 is 5.91 Å². The lowest BCUT2D eigenvalue weighted by molar-refractivity contribution is -0.129. The van der Waals surface area contributed by atoms with E-state index in [4.69, 9.17) is 0 Å². The van der Waals surface area contributed by atoms with E-state index in [-0.39, 0.29) is 5.91 Å². The van der Waals surface area contributed by atoms with Crippen LogP contribution in [0.25, 0.3) is 0 Å². The average molecular weight is 222 g/mol. The fourth-order valence-corrected chi connectivity index (χ4v) is 1.93. The number of amides is 1. The molecule has 0 aliphatic carbocycles. The molecule has 1 aliphatic heterocycles. The first-order valence-corrected chi connectivity index (χ1v) is 5.80. The summed E-state index contributed by atoms with van der Waals surface area (Å²) in [6.07, 6.45) is 7.58. The second kappa shape index (κ2) is 5.65. The van der Waals surface area contributed by atoms with Gasteiger partial charge in [-0.1, -0.05) is 0 Å². The van der Waals surface area contributed by atoms with Gasteiger partial charge in [0.15, 0.2) is 0 Å². The number of rotatable bonds is 4. The molecule has 1 amide bonds. The molecular formula is C11H18N4O. The Morgan fingerprint density at radius 2 is 2.38 bits per heavy atom. The first-order valence-electron chi connectivity index (χ1n) is 5.80. The highest BCUT2D eigenvalue weighted by molar-refractivity contribution is 5.78. The van der Waals surface area contributed by atoms with Crippen molar-refractivity contribution in [2.75, 3.05) is 26.2 Å². The summed E-state index contributed by atoms with van der Waals surface area (Å²) in [7, 11) is 0. The van der Waals surface area contributed by atoms with Gasteiger partial charge in [-0.15, -0.1) is 0 Å². The van der Waals surface area contributed by atoms with Crippen LogP contribution in [0.15, 0.2) is 18.7 Å². The van der Waals surface area contributed by atoms with Gasteiger partial charge >= 0.3 is 0 Å². The van der Waals surface area contributed by atoms with Crippen molar-refractivity contribution in [3.05, 3.63) is 18.7 Å². The summed E-state index contributed by atoms with van der Waals surface area (Å²) < 4.78 is 2.04. The van der Waals surface area contributed by atoms with Gasteiger partial charge in [0.05, 0.1) is 12.9 Å². The number of nitrogens with one attached hydrogen (secondary N) is 1. The molecule has 88 valence electrons. The van der Waals surface area contributed by atoms with Gasteiger partial charge in [0.25, 0.3) is 0 Å². The molecule has 2 rings (SSSR count). The van der Waals surface area contributed by atoms with E-state index in [1.807, 2.05) is 22.0 Å². The van der Waals surface area contributed by atoms with Crippen LogP contribution in [-0.2, 0) is 11.3 Å². The van der Waals surface area contributed by atoms with Gasteiger partial charge in [-0.25, -0.2) is 4.98 Å². The Hall–Kier alpha value is -1.36. The standard InChI is InChI=1S/C11H18N4O/c16-11-9-12-3-1-6-15(11)7-2-5-14-8-4-13-10-14/h4,8,10,12H,1-3,5-7,9H2. The molecule has 0 aromatic carbocycles. The summed E-state index contributed by atoms with van der Waals surface area (Å²) in [5.74, 6) is 0.225. The van der Waals surface area contributed by atoms with Crippen LogP contribution in [0.5, 0.6) is 0 Å². The van der Waals surface area contributed by atoms with E-state index in [1.165, 1.54) is 0 Å². The molecule has 16 heavy (non-hydrogen) atoms. The minimum Gasteiger partial charge on any atom is -0.341 e. The minimum atomic E-state index is 0.225. The van der Waals surface area contributed by atoms with Crippen LogP contribution in [-0.4, -0.2) is 46.5 Å². The zero-order valence-corrected chi connectivity index (χ0v) is 9.43. The van der Waals surface area contributed by atoms with Crippen molar-refractivity contribution in [1.29, 1.82) is 0 Å². The molecule has 2 heterocycles. The number of hydrogen-bond acceptors (Lipinski definition) is 3. The Bertz CT molecular complexity index is 323. The van der Waals surface area contributed by atoms with Gasteiger partial charge in [-0.05, 0) is 19.4 Å². The van der Waals surface area contributed by atoms with Crippen molar-refractivity contribution in [2.45, 2.75) is 19.4 Å². The molecule has 5 heteroatoms. The molecule has 1 N–H and O–H groups in total. The number of aromatic nitrogens is 2. The number of carbonyl (C=O) groups is 1. The number of aryl methyl sites for hydroxylation is 1. The molecule has 0 radical (unpaired) electrons. The second-order valence-electron chi connectivity index (χ2n) is 4.07. The average Bonchev–Trinajstić information content (AvgIpc) is 2.71. The monoisotopic (exact) mass is 222 g/mol. The molecule has 0 saturated carbocycles. The zero-order valence-electron chi connectivity index (χ0n) is 9.43. The number of imidazole rings is 1. The van der Waals surface area contributed by atoms with Gasteiger partial charge in [-0.3, -0.25) is 4.79 Å².